The lowest BCUT2D eigenvalue weighted by atomic mass is 9.97. The van der Waals surface area contributed by atoms with Gasteiger partial charge in [-0.15, -0.1) is 0 Å². The van der Waals surface area contributed by atoms with Crippen LogP contribution in [0.3, 0.4) is 0 Å². The van der Waals surface area contributed by atoms with Crippen LogP contribution in [-0.4, -0.2) is 107 Å². The normalized spacial score (nSPS) is 30.7. The third-order valence-corrected chi connectivity index (χ3v) is 9.11. The van der Waals surface area contributed by atoms with Crippen molar-refractivity contribution >= 4 is 11.9 Å². The van der Waals surface area contributed by atoms with Gasteiger partial charge < -0.3 is 48.8 Å². The van der Waals surface area contributed by atoms with Gasteiger partial charge in [0.05, 0.1) is 6.10 Å². The number of hydrogen-bond acceptors (Lipinski definition) is 12. The zero-order chi connectivity index (χ0) is 35.3. The summed E-state index contributed by atoms with van der Waals surface area (Å²) in [6.45, 7) is 7.59. The highest BCUT2D eigenvalue weighted by Crippen LogP contribution is 2.31. The van der Waals surface area contributed by atoms with Crippen LogP contribution < -0.4 is 0 Å². The lowest BCUT2D eigenvalue weighted by molar-refractivity contribution is -0.365. The van der Waals surface area contributed by atoms with E-state index in [-0.39, 0.29) is 26.1 Å². The molecular weight excluding hydrogens is 624 g/mol. The van der Waals surface area contributed by atoms with Crippen LogP contribution in [0.5, 0.6) is 0 Å². The zero-order valence-corrected chi connectivity index (χ0v) is 30.0. The van der Waals surface area contributed by atoms with Crippen molar-refractivity contribution in [2.75, 3.05) is 13.2 Å². The Balaban J connectivity index is 1.79. The maximum absolute atomic E-state index is 12.4. The second-order valence-corrected chi connectivity index (χ2v) is 13.4. The summed E-state index contributed by atoms with van der Waals surface area (Å²) in [5.41, 5.74) is 0. The second-order valence-electron chi connectivity index (χ2n) is 13.4. The summed E-state index contributed by atoms with van der Waals surface area (Å²) < 4.78 is 34.1. The fourth-order valence-electron chi connectivity index (χ4n) is 6.05. The van der Waals surface area contributed by atoms with Crippen molar-refractivity contribution in [1.82, 2.24) is 0 Å². The van der Waals surface area contributed by atoms with Crippen molar-refractivity contribution in [3.05, 3.63) is 0 Å². The molecule has 0 saturated carbocycles. The molecule has 0 aromatic rings. The van der Waals surface area contributed by atoms with E-state index in [1.54, 1.807) is 6.92 Å². The minimum atomic E-state index is -1.63. The molecule has 12 heteroatoms. The van der Waals surface area contributed by atoms with Crippen LogP contribution in [-0.2, 0) is 38.0 Å². The summed E-state index contributed by atoms with van der Waals surface area (Å²) in [7, 11) is 0. The molecule has 12 nitrogen and oxygen atoms in total. The summed E-state index contributed by atoms with van der Waals surface area (Å²) in [5, 5.41) is 43.4. The summed E-state index contributed by atoms with van der Waals surface area (Å²) in [6.07, 6.45) is 5.01. The number of ether oxygens (including phenoxy) is 6. The molecule has 0 amide bonds. The molecule has 2 aliphatic heterocycles. The Bertz CT molecular complexity index is 859. The molecule has 2 saturated heterocycles. The predicted molar refractivity (Wildman–Crippen MR) is 179 cm³/mol. The third kappa shape index (κ3) is 15.2. The van der Waals surface area contributed by atoms with Gasteiger partial charge in [0.25, 0.3) is 0 Å². The highest BCUT2D eigenvalue weighted by Gasteiger charge is 2.51. The van der Waals surface area contributed by atoms with Gasteiger partial charge in [0.15, 0.2) is 18.7 Å². The highest BCUT2D eigenvalue weighted by atomic mass is 16.8. The molecule has 2 aliphatic rings. The molecule has 8 unspecified atom stereocenters. The number of aliphatic hydroxyl groups is 4. The lowest BCUT2D eigenvalue weighted by Gasteiger charge is -2.46. The van der Waals surface area contributed by atoms with Crippen LogP contribution in [0.4, 0.5) is 0 Å². The van der Waals surface area contributed by atoms with Gasteiger partial charge in [-0.25, -0.2) is 0 Å². The number of aliphatic hydroxyl groups excluding tert-OH is 4. The average Bonchev–Trinajstić information content (AvgIpc) is 3.06. The van der Waals surface area contributed by atoms with Crippen molar-refractivity contribution in [2.24, 2.45) is 0 Å². The van der Waals surface area contributed by atoms with E-state index in [0.717, 1.165) is 25.7 Å². The van der Waals surface area contributed by atoms with E-state index in [9.17, 15) is 30.0 Å². The number of carbonyl (C=O) groups is 2. The van der Waals surface area contributed by atoms with E-state index in [1.807, 2.05) is 13.8 Å². The molecule has 4 N–H and O–H groups in total. The van der Waals surface area contributed by atoms with Crippen molar-refractivity contribution in [2.45, 2.75) is 205 Å². The van der Waals surface area contributed by atoms with E-state index >= 15 is 0 Å². The summed E-state index contributed by atoms with van der Waals surface area (Å²) in [6, 6.07) is 0. The molecule has 0 aromatic heterocycles. The molecular formula is C36H66O12. The molecule has 282 valence electrons. The van der Waals surface area contributed by atoms with Gasteiger partial charge >= 0.3 is 11.9 Å². The molecule has 0 bridgehead atoms. The maximum atomic E-state index is 12.4. The maximum Gasteiger partial charge on any atom is 0.306 e. The number of rotatable bonds is 25. The van der Waals surface area contributed by atoms with Crippen molar-refractivity contribution in [3.8, 4) is 0 Å². The van der Waals surface area contributed by atoms with Gasteiger partial charge in [-0.1, -0.05) is 104 Å². The second kappa shape index (κ2) is 24.7. The zero-order valence-electron chi connectivity index (χ0n) is 30.0. The summed E-state index contributed by atoms with van der Waals surface area (Å²) >= 11 is 0. The number of hydrogen-bond donors (Lipinski definition) is 4. The summed E-state index contributed by atoms with van der Waals surface area (Å²) in [4.78, 5) is 24.5. The van der Waals surface area contributed by atoms with Crippen molar-refractivity contribution in [3.63, 3.8) is 0 Å². The molecule has 10 atom stereocenters. The molecule has 2 heterocycles. The van der Waals surface area contributed by atoms with Crippen LogP contribution in [0.2, 0.25) is 0 Å². The highest BCUT2D eigenvalue weighted by molar-refractivity contribution is 5.69. The van der Waals surface area contributed by atoms with Crippen LogP contribution in [0.25, 0.3) is 0 Å². The van der Waals surface area contributed by atoms with Gasteiger partial charge in [0.1, 0.15) is 43.2 Å². The Morgan fingerprint density at radius 1 is 0.583 bits per heavy atom. The molecule has 2 fully saturated rings. The van der Waals surface area contributed by atoms with E-state index < -0.39 is 73.4 Å². The largest absolute Gasteiger partial charge is 0.463 e. The SMILES string of the molecule is CCCCCCCCCCCCCCCC(=O)OCC1OC(OCCCC)[C@H](O[C@@H]2OC(C)C(OC(=O)CCC)C(O)C2O)C(O)C1O. The van der Waals surface area contributed by atoms with E-state index in [4.69, 9.17) is 28.4 Å². The van der Waals surface area contributed by atoms with Gasteiger partial charge in [0, 0.05) is 19.4 Å². The molecule has 2 rings (SSSR count). The van der Waals surface area contributed by atoms with Crippen molar-refractivity contribution in [1.29, 1.82) is 0 Å². The van der Waals surface area contributed by atoms with E-state index in [2.05, 4.69) is 6.92 Å². The van der Waals surface area contributed by atoms with Crippen LogP contribution in [0.15, 0.2) is 0 Å². The summed E-state index contributed by atoms with van der Waals surface area (Å²) in [5.74, 6) is -0.927. The standard InChI is InChI=1S/C36H66O12/c1-5-8-10-11-12-13-14-15-16-17-18-19-20-22-27(37)44-24-26-29(39)30(40)34(36(46-26)43-23-9-6-2)48-35-32(42)31(41)33(25(4)45-35)47-28(38)21-7-3/h25-26,29-36,39-42H,5-24H2,1-4H3/t25?,26?,29?,30?,31?,32?,33?,34-,35+,36?/m1/s1. The molecule has 0 radical (unpaired) electrons. The number of carbonyl (C=O) groups excluding carboxylic acids is 2. The van der Waals surface area contributed by atoms with Gasteiger partial charge in [-0.05, 0) is 26.2 Å². The molecule has 0 spiro atoms. The monoisotopic (exact) mass is 690 g/mol. The Morgan fingerprint density at radius 3 is 1.73 bits per heavy atom. The smallest absolute Gasteiger partial charge is 0.306 e. The van der Waals surface area contributed by atoms with Crippen LogP contribution in [0, 0.1) is 0 Å². The Hall–Kier alpha value is -1.38. The topological polar surface area (TPSA) is 170 Å². The Labute approximate surface area is 288 Å². The first kappa shape index (κ1) is 42.8. The predicted octanol–water partition coefficient (Wildman–Crippen LogP) is 4.84. The molecule has 0 aromatic carbocycles. The first-order valence-corrected chi connectivity index (χ1v) is 18.8. The Kier molecular flexibility index (Phi) is 22.0. The third-order valence-electron chi connectivity index (χ3n) is 9.11. The molecule has 48 heavy (non-hydrogen) atoms. The number of unbranched alkanes of at least 4 members (excludes halogenated alkanes) is 13. The first-order valence-electron chi connectivity index (χ1n) is 18.8. The molecule has 0 aliphatic carbocycles. The minimum absolute atomic E-state index is 0.155. The van der Waals surface area contributed by atoms with Crippen LogP contribution in [0.1, 0.15) is 143 Å². The van der Waals surface area contributed by atoms with Gasteiger partial charge in [-0.3, -0.25) is 9.59 Å². The number of esters is 2. The average molecular weight is 691 g/mol. The fourth-order valence-corrected chi connectivity index (χ4v) is 6.05. The first-order chi connectivity index (χ1) is 23.1. The van der Waals surface area contributed by atoms with Gasteiger partial charge in [-0.2, -0.15) is 0 Å². The fraction of sp³-hybridized carbons (Fsp3) is 0.944. The lowest BCUT2D eigenvalue weighted by Crippen LogP contribution is -2.64. The van der Waals surface area contributed by atoms with Crippen molar-refractivity contribution < 1.29 is 58.4 Å². The van der Waals surface area contributed by atoms with E-state index in [1.165, 1.54) is 64.2 Å². The van der Waals surface area contributed by atoms with E-state index in [0.29, 0.717) is 12.8 Å². The van der Waals surface area contributed by atoms with Crippen LogP contribution >= 0.6 is 0 Å². The Morgan fingerprint density at radius 2 is 1.15 bits per heavy atom. The minimum Gasteiger partial charge on any atom is -0.463 e. The van der Waals surface area contributed by atoms with Gasteiger partial charge in [0.2, 0.25) is 0 Å². The quantitative estimate of drug-likeness (QED) is 0.0761.